The van der Waals surface area contributed by atoms with Gasteiger partial charge in [-0.2, -0.15) is 15.5 Å². The van der Waals surface area contributed by atoms with Gasteiger partial charge in [-0.3, -0.25) is 14.9 Å². The molecule has 0 bridgehead atoms. The van der Waals surface area contributed by atoms with Crippen LogP contribution in [0.5, 0.6) is 5.75 Å². The first-order valence-electron chi connectivity index (χ1n) is 13.9. The number of rotatable bonds is 10. The molecule has 2 N–H and O–H groups in total. The van der Waals surface area contributed by atoms with Crippen LogP contribution in [0.1, 0.15) is 56.5 Å². The number of hydrogen-bond donors (Lipinski definition) is 1. The van der Waals surface area contributed by atoms with Gasteiger partial charge >= 0.3 is 0 Å². The number of halogens is 2. The third-order valence-electron chi connectivity index (χ3n) is 7.42. The van der Waals surface area contributed by atoms with Crippen LogP contribution in [0, 0.1) is 23.0 Å². The summed E-state index contributed by atoms with van der Waals surface area (Å²) in [4.78, 5) is 11.3. The largest absolute Gasteiger partial charge is 0.488 e. The average molecular weight is 581 g/mol. The fraction of sp³-hybridized carbons (Fsp3) is 0.483. The molecular weight excluding hydrogens is 546 g/mol. The fourth-order valence-electron chi connectivity index (χ4n) is 5.27. The number of ether oxygens (including phenoxy) is 3. The number of hydrazone groups is 1. The predicted molar refractivity (Wildman–Crippen MR) is 152 cm³/mol. The molecule has 42 heavy (non-hydrogen) atoms. The normalized spacial score (nSPS) is 18.3. The molecule has 1 atom stereocenters. The van der Waals surface area contributed by atoms with Crippen LogP contribution in [0.2, 0.25) is 0 Å². The van der Waals surface area contributed by atoms with E-state index in [0.29, 0.717) is 28.5 Å². The number of pyridine rings is 2. The zero-order valence-electron chi connectivity index (χ0n) is 23.8. The monoisotopic (exact) mass is 580 g/mol. The van der Waals surface area contributed by atoms with Crippen molar-refractivity contribution in [2.75, 3.05) is 32.9 Å². The highest BCUT2D eigenvalue weighted by molar-refractivity contribution is 6.47. The number of likely N-dealkylation sites (tertiary alicyclic amines) is 1. The molecule has 0 aromatic carbocycles. The van der Waals surface area contributed by atoms with E-state index >= 15 is 0 Å². The maximum Gasteiger partial charge on any atom is 0.150 e. The van der Waals surface area contributed by atoms with Gasteiger partial charge in [0.2, 0.25) is 0 Å². The Bertz CT molecular complexity index is 1520. The summed E-state index contributed by atoms with van der Waals surface area (Å²) in [5, 5.41) is 18.1. The second kappa shape index (κ2) is 12.9. The maximum absolute atomic E-state index is 14.6. The zero-order chi connectivity index (χ0) is 29.8. The lowest BCUT2D eigenvalue weighted by molar-refractivity contribution is -0.0709. The van der Waals surface area contributed by atoms with Gasteiger partial charge in [0.25, 0.3) is 0 Å². The summed E-state index contributed by atoms with van der Waals surface area (Å²) >= 11 is 0. The van der Waals surface area contributed by atoms with Gasteiger partial charge in [-0.25, -0.2) is 13.3 Å². The van der Waals surface area contributed by atoms with E-state index in [9.17, 15) is 14.0 Å². The summed E-state index contributed by atoms with van der Waals surface area (Å²) in [7, 11) is 0. The Balaban J connectivity index is 1.41. The SMILES string of the molecule is CC(=NC1CCN(C2COC2)CC1)/C(=N\N)c1cc(OC[C@@H](OC(C)C)c2ncc(F)cc2F)c2c(C#N)cnn2c1. The van der Waals surface area contributed by atoms with E-state index < -0.39 is 17.7 Å². The van der Waals surface area contributed by atoms with Crippen molar-refractivity contribution < 1.29 is 23.0 Å². The summed E-state index contributed by atoms with van der Waals surface area (Å²) in [6, 6.07) is 5.21. The summed E-state index contributed by atoms with van der Waals surface area (Å²) in [5.74, 6) is 4.51. The molecule has 0 spiro atoms. The average Bonchev–Trinajstić information content (AvgIpc) is 3.35. The van der Waals surface area contributed by atoms with Gasteiger partial charge < -0.3 is 20.1 Å². The Morgan fingerprint density at radius 2 is 2.00 bits per heavy atom. The van der Waals surface area contributed by atoms with Crippen LogP contribution in [-0.2, 0) is 9.47 Å². The maximum atomic E-state index is 14.6. The highest BCUT2D eigenvalue weighted by Crippen LogP contribution is 2.29. The molecule has 0 aliphatic carbocycles. The Morgan fingerprint density at radius 3 is 2.62 bits per heavy atom. The molecule has 3 aromatic rings. The van der Waals surface area contributed by atoms with Gasteiger partial charge in [0.1, 0.15) is 58.6 Å². The second-order valence-electron chi connectivity index (χ2n) is 10.7. The van der Waals surface area contributed by atoms with E-state index in [1.165, 1.54) is 10.7 Å². The summed E-state index contributed by atoms with van der Waals surface area (Å²) in [6.07, 6.45) is 4.66. The number of nitrogens with zero attached hydrogens (tertiary/aromatic N) is 7. The van der Waals surface area contributed by atoms with Gasteiger partial charge in [-0.05, 0) is 39.7 Å². The number of nitriles is 1. The van der Waals surface area contributed by atoms with Crippen LogP contribution in [0.15, 0.2) is 40.8 Å². The Labute approximate surface area is 242 Å². The molecule has 0 radical (unpaired) electrons. The summed E-state index contributed by atoms with van der Waals surface area (Å²) in [6.45, 7) is 8.78. The molecule has 2 aliphatic rings. The Morgan fingerprint density at radius 1 is 1.24 bits per heavy atom. The lowest BCUT2D eigenvalue weighted by Crippen LogP contribution is -2.52. The van der Waals surface area contributed by atoms with Crippen molar-refractivity contribution in [2.24, 2.45) is 15.9 Å². The highest BCUT2D eigenvalue weighted by atomic mass is 19.1. The second-order valence-corrected chi connectivity index (χ2v) is 10.7. The highest BCUT2D eigenvalue weighted by Gasteiger charge is 2.30. The minimum absolute atomic E-state index is 0.0886. The minimum atomic E-state index is -0.953. The van der Waals surface area contributed by atoms with Crippen molar-refractivity contribution in [3.63, 3.8) is 0 Å². The van der Waals surface area contributed by atoms with E-state index in [-0.39, 0.29) is 35.8 Å². The number of fused-ring (bicyclic) bond motifs is 1. The molecule has 0 unspecified atom stereocenters. The quantitative estimate of drug-likeness (QED) is 0.219. The predicted octanol–water partition coefficient (Wildman–Crippen LogP) is 3.41. The van der Waals surface area contributed by atoms with E-state index in [2.05, 4.69) is 26.2 Å². The molecule has 0 amide bonds. The third-order valence-corrected chi connectivity index (χ3v) is 7.42. The molecule has 13 heteroatoms. The molecular formula is C29H34F2N8O3. The van der Waals surface area contributed by atoms with Crippen LogP contribution in [0.3, 0.4) is 0 Å². The molecule has 11 nitrogen and oxygen atoms in total. The van der Waals surface area contributed by atoms with Crippen LogP contribution < -0.4 is 10.6 Å². The molecule has 5 heterocycles. The van der Waals surface area contributed by atoms with Crippen molar-refractivity contribution in [3.05, 3.63) is 59.2 Å². The number of aromatic nitrogens is 3. The van der Waals surface area contributed by atoms with Crippen LogP contribution in [-0.4, -0.2) is 82.0 Å². The standard InChI is InChI=1S/C29H34F2N8O3/c1-17(2)42-26(28-24(31)9-21(30)12-34-28)16-41-25-8-19(13-39-29(25)20(10-32)11-35-39)27(37-33)18(3)36-22-4-6-38(7-5-22)23-14-40-15-23/h8-9,11-13,17,22-23,26H,4-7,14-16,33H2,1-3H3/b36-18?,37-27+/t26-/m1/s1. The number of aliphatic imine (C=N–C) groups is 1. The first-order valence-corrected chi connectivity index (χ1v) is 13.9. The smallest absolute Gasteiger partial charge is 0.150 e. The molecule has 2 aliphatic heterocycles. The van der Waals surface area contributed by atoms with Gasteiger partial charge in [0.15, 0.2) is 0 Å². The van der Waals surface area contributed by atoms with Crippen molar-refractivity contribution in [1.82, 2.24) is 19.5 Å². The lowest BCUT2D eigenvalue weighted by atomic mass is 10.0. The molecule has 2 saturated heterocycles. The fourth-order valence-corrected chi connectivity index (χ4v) is 5.27. The van der Waals surface area contributed by atoms with Crippen molar-refractivity contribution in [1.29, 1.82) is 5.26 Å². The van der Waals surface area contributed by atoms with E-state index in [1.54, 1.807) is 26.1 Å². The number of piperidine rings is 1. The molecule has 5 rings (SSSR count). The Hall–Kier alpha value is -3.99. The topological polar surface area (TPSA) is 136 Å². The van der Waals surface area contributed by atoms with Gasteiger partial charge in [-0.15, -0.1) is 0 Å². The molecule has 3 aromatic heterocycles. The van der Waals surface area contributed by atoms with Gasteiger partial charge in [0.05, 0.1) is 49.5 Å². The summed E-state index contributed by atoms with van der Waals surface area (Å²) in [5.41, 5.74) is 2.30. The molecule has 222 valence electrons. The lowest BCUT2D eigenvalue weighted by Gasteiger charge is -2.40. The Kier molecular flexibility index (Phi) is 9.06. The van der Waals surface area contributed by atoms with Crippen LogP contribution in [0.4, 0.5) is 8.78 Å². The zero-order valence-corrected chi connectivity index (χ0v) is 23.8. The van der Waals surface area contributed by atoms with E-state index in [1.807, 2.05) is 6.92 Å². The first kappa shape index (κ1) is 29.5. The van der Waals surface area contributed by atoms with Gasteiger partial charge in [0, 0.05) is 30.9 Å². The first-order chi connectivity index (χ1) is 20.3. The minimum Gasteiger partial charge on any atom is -0.488 e. The van der Waals surface area contributed by atoms with Crippen LogP contribution in [0.25, 0.3) is 5.52 Å². The van der Waals surface area contributed by atoms with Crippen molar-refractivity contribution in [2.45, 2.75) is 57.9 Å². The number of nitrogens with two attached hydrogens (primary N) is 1. The van der Waals surface area contributed by atoms with Crippen molar-refractivity contribution in [3.8, 4) is 11.8 Å². The number of hydrogen-bond acceptors (Lipinski definition) is 10. The summed E-state index contributed by atoms with van der Waals surface area (Å²) < 4.78 is 47.0. The van der Waals surface area contributed by atoms with Crippen molar-refractivity contribution >= 4 is 16.9 Å². The van der Waals surface area contributed by atoms with Crippen LogP contribution >= 0.6 is 0 Å². The molecule has 2 fully saturated rings. The van der Waals surface area contributed by atoms with E-state index in [4.69, 9.17) is 25.0 Å². The van der Waals surface area contributed by atoms with Gasteiger partial charge in [-0.1, -0.05) is 0 Å². The third kappa shape index (κ3) is 6.41. The van der Waals surface area contributed by atoms with E-state index in [0.717, 1.165) is 51.4 Å². The molecule has 0 saturated carbocycles.